The fourth-order valence-corrected chi connectivity index (χ4v) is 4.13. The van der Waals surface area contributed by atoms with Crippen molar-refractivity contribution in [2.75, 3.05) is 20.3 Å². The number of imidazole rings is 1. The fourth-order valence-electron chi connectivity index (χ4n) is 4.13. The van der Waals surface area contributed by atoms with Gasteiger partial charge in [-0.05, 0) is 80.3 Å². The monoisotopic (exact) mass is 471 g/mol. The second-order valence-electron chi connectivity index (χ2n) is 8.73. The van der Waals surface area contributed by atoms with E-state index in [1.165, 1.54) is 5.56 Å². The van der Waals surface area contributed by atoms with Crippen LogP contribution in [0.25, 0.3) is 11.0 Å². The molecule has 1 aromatic heterocycles. The number of amides is 1. The molecule has 0 spiro atoms. The van der Waals surface area contributed by atoms with Crippen molar-refractivity contribution in [1.29, 1.82) is 0 Å². The lowest BCUT2D eigenvalue weighted by atomic mass is 10.1. The molecule has 1 heterocycles. The number of fused-ring (bicyclic) bond motifs is 1. The van der Waals surface area contributed by atoms with Gasteiger partial charge in [-0.1, -0.05) is 24.3 Å². The van der Waals surface area contributed by atoms with Gasteiger partial charge in [-0.3, -0.25) is 4.79 Å². The van der Waals surface area contributed by atoms with Crippen LogP contribution in [-0.4, -0.2) is 35.7 Å². The number of ether oxygens (including phenoxy) is 2. The number of hydrogen-bond acceptors (Lipinski definition) is 4. The maximum Gasteiger partial charge on any atom is 0.251 e. The number of aromatic nitrogens is 2. The van der Waals surface area contributed by atoms with Crippen LogP contribution < -0.4 is 14.8 Å². The van der Waals surface area contributed by atoms with E-state index >= 15 is 0 Å². The number of hydrogen-bond donors (Lipinski definition) is 1. The third kappa shape index (κ3) is 6.21. The van der Waals surface area contributed by atoms with Crippen LogP contribution in [0, 0.1) is 13.8 Å². The summed E-state index contributed by atoms with van der Waals surface area (Å²) in [4.78, 5) is 17.3. The molecule has 0 unspecified atom stereocenters. The molecule has 0 aliphatic carbocycles. The first-order valence-electron chi connectivity index (χ1n) is 12.1. The van der Waals surface area contributed by atoms with Gasteiger partial charge in [0.2, 0.25) is 0 Å². The lowest BCUT2D eigenvalue weighted by Crippen LogP contribution is -2.25. The van der Waals surface area contributed by atoms with Crippen LogP contribution in [0.15, 0.2) is 66.7 Å². The molecule has 0 fully saturated rings. The Morgan fingerprint density at radius 1 is 1.00 bits per heavy atom. The first kappa shape index (κ1) is 24.3. The standard InChI is InChI=1S/C29H33N3O3/c1-21-11-12-22(2)27(20-21)35-19-7-18-32-26-9-5-4-8-25(26)31-28(32)10-6-17-30-29(33)23-13-15-24(34-3)16-14-23/h4-5,8-9,11-16,20H,6-7,10,17-19H2,1-3H3,(H,30,33). The van der Waals surface area contributed by atoms with Crippen LogP contribution >= 0.6 is 0 Å². The van der Waals surface area contributed by atoms with E-state index in [0.29, 0.717) is 18.7 Å². The Hall–Kier alpha value is -3.80. The molecular weight excluding hydrogens is 438 g/mol. The molecule has 0 atom stereocenters. The van der Waals surface area contributed by atoms with E-state index in [0.717, 1.165) is 59.7 Å². The number of rotatable bonds is 11. The Labute approximate surface area is 206 Å². The van der Waals surface area contributed by atoms with Gasteiger partial charge in [0.1, 0.15) is 17.3 Å². The highest BCUT2D eigenvalue weighted by atomic mass is 16.5. The number of nitrogens with one attached hydrogen (secondary N) is 1. The minimum Gasteiger partial charge on any atom is -0.497 e. The van der Waals surface area contributed by atoms with E-state index in [2.05, 4.69) is 48.0 Å². The van der Waals surface area contributed by atoms with E-state index in [1.807, 2.05) is 18.2 Å². The molecule has 3 aromatic carbocycles. The van der Waals surface area contributed by atoms with Crippen LogP contribution in [-0.2, 0) is 13.0 Å². The van der Waals surface area contributed by atoms with Gasteiger partial charge < -0.3 is 19.4 Å². The third-order valence-electron chi connectivity index (χ3n) is 6.08. The Bertz CT molecular complexity index is 1280. The average Bonchev–Trinajstić information content (AvgIpc) is 3.23. The smallest absolute Gasteiger partial charge is 0.251 e. The highest BCUT2D eigenvalue weighted by Gasteiger charge is 2.11. The summed E-state index contributed by atoms with van der Waals surface area (Å²) in [5.41, 5.74) is 5.12. The van der Waals surface area contributed by atoms with Gasteiger partial charge in [0.25, 0.3) is 5.91 Å². The Morgan fingerprint density at radius 3 is 2.60 bits per heavy atom. The van der Waals surface area contributed by atoms with Crippen molar-refractivity contribution in [2.24, 2.45) is 0 Å². The lowest BCUT2D eigenvalue weighted by Gasteiger charge is -2.12. The Balaban J connectivity index is 1.32. The molecule has 6 heteroatoms. The van der Waals surface area contributed by atoms with Crippen LogP contribution in [0.4, 0.5) is 0 Å². The molecule has 0 aliphatic rings. The van der Waals surface area contributed by atoms with Gasteiger partial charge in [0, 0.05) is 25.1 Å². The first-order chi connectivity index (χ1) is 17.0. The molecule has 0 aliphatic heterocycles. The summed E-state index contributed by atoms with van der Waals surface area (Å²) < 4.78 is 13.5. The van der Waals surface area contributed by atoms with Crippen LogP contribution in [0.1, 0.15) is 40.2 Å². The molecule has 6 nitrogen and oxygen atoms in total. The zero-order valence-electron chi connectivity index (χ0n) is 20.7. The summed E-state index contributed by atoms with van der Waals surface area (Å²) in [6.45, 7) is 6.22. The summed E-state index contributed by atoms with van der Waals surface area (Å²) in [5.74, 6) is 2.65. The predicted octanol–water partition coefficient (Wildman–Crippen LogP) is 5.49. The predicted molar refractivity (Wildman–Crippen MR) is 139 cm³/mol. The largest absolute Gasteiger partial charge is 0.497 e. The summed E-state index contributed by atoms with van der Waals surface area (Å²) in [6.07, 6.45) is 2.48. The summed E-state index contributed by atoms with van der Waals surface area (Å²) in [7, 11) is 1.61. The molecule has 4 aromatic rings. The zero-order valence-corrected chi connectivity index (χ0v) is 20.7. The van der Waals surface area contributed by atoms with Gasteiger partial charge >= 0.3 is 0 Å². The van der Waals surface area contributed by atoms with Gasteiger partial charge in [0.15, 0.2) is 0 Å². The van der Waals surface area contributed by atoms with E-state index in [4.69, 9.17) is 14.5 Å². The van der Waals surface area contributed by atoms with Gasteiger partial charge in [-0.2, -0.15) is 0 Å². The SMILES string of the molecule is COc1ccc(C(=O)NCCCc2nc3ccccc3n2CCCOc2cc(C)ccc2C)cc1. The molecule has 4 rings (SSSR count). The molecule has 1 amide bonds. The van der Waals surface area contributed by atoms with Crippen molar-refractivity contribution >= 4 is 16.9 Å². The van der Waals surface area contributed by atoms with E-state index < -0.39 is 0 Å². The van der Waals surface area contributed by atoms with Gasteiger partial charge in [0.05, 0.1) is 24.8 Å². The number of para-hydroxylation sites is 2. The summed E-state index contributed by atoms with van der Waals surface area (Å²) in [6, 6.07) is 21.6. The molecule has 35 heavy (non-hydrogen) atoms. The molecule has 0 saturated carbocycles. The Morgan fingerprint density at radius 2 is 1.80 bits per heavy atom. The van der Waals surface area contributed by atoms with E-state index in [9.17, 15) is 4.79 Å². The summed E-state index contributed by atoms with van der Waals surface area (Å²) >= 11 is 0. The molecule has 1 N–H and O–H groups in total. The van der Waals surface area contributed by atoms with E-state index in [-0.39, 0.29) is 5.91 Å². The topological polar surface area (TPSA) is 65.4 Å². The van der Waals surface area contributed by atoms with Crippen molar-refractivity contribution in [2.45, 2.75) is 39.7 Å². The lowest BCUT2D eigenvalue weighted by molar-refractivity contribution is 0.0953. The number of methoxy groups -OCH3 is 1. The molecule has 0 bridgehead atoms. The minimum atomic E-state index is -0.0789. The second kappa shape index (κ2) is 11.6. The van der Waals surface area contributed by atoms with Gasteiger partial charge in [-0.15, -0.1) is 0 Å². The van der Waals surface area contributed by atoms with Gasteiger partial charge in [-0.25, -0.2) is 4.98 Å². The number of benzene rings is 3. The quantitative estimate of drug-likeness (QED) is 0.294. The summed E-state index contributed by atoms with van der Waals surface area (Å²) in [5, 5.41) is 3.00. The van der Waals surface area contributed by atoms with Crippen molar-refractivity contribution in [3.8, 4) is 11.5 Å². The molecular formula is C29H33N3O3. The zero-order chi connectivity index (χ0) is 24.6. The third-order valence-corrected chi connectivity index (χ3v) is 6.08. The highest BCUT2D eigenvalue weighted by molar-refractivity contribution is 5.94. The maximum absolute atomic E-state index is 12.4. The molecule has 0 radical (unpaired) electrons. The number of nitrogens with zero attached hydrogens (tertiary/aromatic N) is 2. The van der Waals surface area contributed by atoms with Crippen molar-refractivity contribution in [3.63, 3.8) is 0 Å². The van der Waals surface area contributed by atoms with Crippen LogP contribution in [0.3, 0.4) is 0 Å². The Kier molecular flexibility index (Phi) is 8.03. The number of carbonyl (C=O) groups excluding carboxylic acids is 1. The van der Waals surface area contributed by atoms with Crippen molar-refractivity contribution in [3.05, 3.63) is 89.2 Å². The van der Waals surface area contributed by atoms with Crippen molar-refractivity contribution < 1.29 is 14.3 Å². The minimum absolute atomic E-state index is 0.0789. The fraction of sp³-hybridized carbons (Fsp3) is 0.310. The van der Waals surface area contributed by atoms with E-state index in [1.54, 1.807) is 31.4 Å². The first-order valence-corrected chi connectivity index (χ1v) is 12.1. The van der Waals surface area contributed by atoms with Crippen molar-refractivity contribution in [1.82, 2.24) is 14.9 Å². The van der Waals surface area contributed by atoms with Crippen LogP contribution in [0.5, 0.6) is 11.5 Å². The normalized spacial score (nSPS) is 10.9. The maximum atomic E-state index is 12.4. The molecule has 0 saturated heterocycles. The average molecular weight is 472 g/mol. The molecule has 182 valence electrons. The second-order valence-corrected chi connectivity index (χ2v) is 8.73. The number of aryl methyl sites for hydroxylation is 4. The highest BCUT2D eigenvalue weighted by Crippen LogP contribution is 2.21. The number of carbonyl (C=O) groups is 1. The van der Waals surface area contributed by atoms with Crippen LogP contribution in [0.2, 0.25) is 0 Å².